The first-order valence-corrected chi connectivity index (χ1v) is 8.67. The number of aromatic nitrogens is 2. The molecule has 116 valence electrons. The number of hydrogen-bond donors (Lipinski definition) is 1. The van der Waals surface area contributed by atoms with Gasteiger partial charge in [0.25, 0.3) is 0 Å². The fourth-order valence-electron chi connectivity index (χ4n) is 1.82. The van der Waals surface area contributed by atoms with Crippen molar-refractivity contribution in [1.82, 2.24) is 14.5 Å². The molecule has 0 aliphatic heterocycles. The van der Waals surface area contributed by atoms with Gasteiger partial charge >= 0.3 is 0 Å². The molecule has 1 aromatic rings. The third-order valence-corrected chi connectivity index (χ3v) is 4.51. The molecule has 0 unspecified atom stereocenters. The SMILES string of the molecule is CCCCNS(=O)(=O)c1cn(C(C)C)nc1C(C)(C)C. The molecule has 5 nitrogen and oxygen atoms in total. The van der Waals surface area contributed by atoms with E-state index in [9.17, 15) is 8.42 Å². The maximum Gasteiger partial charge on any atom is 0.243 e. The van der Waals surface area contributed by atoms with Crippen LogP contribution >= 0.6 is 0 Å². The van der Waals surface area contributed by atoms with Gasteiger partial charge in [0.05, 0.1) is 5.69 Å². The number of nitrogens with one attached hydrogen (secondary N) is 1. The first kappa shape index (κ1) is 17.2. The lowest BCUT2D eigenvalue weighted by Gasteiger charge is -2.17. The minimum Gasteiger partial charge on any atom is -0.269 e. The minimum absolute atomic E-state index is 0.135. The van der Waals surface area contributed by atoms with Crippen LogP contribution in [0.4, 0.5) is 0 Å². The van der Waals surface area contributed by atoms with Gasteiger partial charge in [-0.3, -0.25) is 4.68 Å². The lowest BCUT2D eigenvalue weighted by Crippen LogP contribution is -2.27. The van der Waals surface area contributed by atoms with E-state index >= 15 is 0 Å². The van der Waals surface area contributed by atoms with Gasteiger partial charge in [0, 0.05) is 24.2 Å². The van der Waals surface area contributed by atoms with Crippen LogP contribution in [0, 0.1) is 0 Å². The van der Waals surface area contributed by atoms with Crippen LogP contribution < -0.4 is 4.72 Å². The van der Waals surface area contributed by atoms with Crippen LogP contribution in [-0.4, -0.2) is 24.7 Å². The molecule has 1 aromatic heterocycles. The van der Waals surface area contributed by atoms with Gasteiger partial charge in [-0.25, -0.2) is 13.1 Å². The van der Waals surface area contributed by atoms with Crippen LogP contribution in [0.3, 0.4) is 0 Å². The molecule has 0 aliphatic carbocycles. The predicted octanol–water partition coefficient (Wildman–Crippen LogP) is 2.84. The summed E-state index contributed by atoms with van der Waals surface area (Å²) in [6, 6.07) is 0.135. The number of rotatable bonds is 6. The largest absolute Gasteiger partial charge is 0.269 e. The van der Waals surface area contributed by atoms with Crippen LogP contribution in [0.15, 0.2) is 11.1 Å². The second-order valence-electron chi connectivity index (χ2n) is 6.42. The number of hydrogen-bond acceptors (Lipinski definition) is 3. The highest BCUT2D eigenvalue weighted by molar-refractivity contribution is 7.89. The summed E-state index contributed by atoms with van der Waals surface area (Å²) >= 11 is 0. The first-order chi connectivity index (χ1) is 9.09. The number of nitrogens with zero attached hydrogens (tertiary/aromatic N) is 2. The molecule has 0 radical (unpaired) electrons. The molecule has 1 N–H and O–H groups in total. The van der Waals surface area contributed by atoms with Gasteiger partial charge in [0.2, 0.25) is 10.0 Å². The molecular weight excluding hydrogens is 274 g/mol. The maximum absolute atomic E-state index is 12.4. The van der Waals surface area contributed by atoms with Gasteiger partial charge in [0.1, 0.15) is 4.90 Å². The summed E-state index contributed by atoms with van der Waals surface area (Å²) < 4.78 is 29.3. The van der Waals surface area contributed by atoms with E-state index in [0.29, 0.717) is 17.1 Å². The zero-order valence-corrected chi connectivity index (χ0v) is 14.2. The fourth-order valence-corrected chi connectivity index (χ4v) is 3.23. The highest BCUT2D eigenvalue weighted by Crippen LogP contribution is 2.28. The van der Waals surface area contributed by atoms with Crippen molar-refractivity contribution in [3.05, 3.63) is 11.9 Å². The Morgan fingerprint density at radius 1 is 1.35 bits per heavy atom. The third kappa shape index (κ3) is 4.06. The maximum atomic E-state index is 12.4. The van der Waals surface area contributed by atoms with Crippen LogP contribution in [0.2, 0.25) is 0 Å². The third-order valence-electron chi connectivity index (χ3n) is 3.05. The molecule has 0 fully saturated rings. The Hall–Kier alpha value is -0.880. The average molecular weight is 301 g/mol. The van der Waals surface area contributed by atoms with Crippen molar-refractivity contribution in [1.29, 1.82) is 0 Å². The fraction of sp³-hybridized carbons (Fsp3) is 0.786. The lowest BCUT2D eigenvalue weighted by atomic mass is 9.92. The molecule has 0 saturated heterocycles. The molecule has 0 aliphatic rings. The van der Waals surface area contributed by atoms with E-state index < -0.39 is 10.0 Å². The summed E-state index contributed by atoms with van der Waals surface area (Å²) in [5, 5.41) is 4.47. The van der Waals surface area contributed by atoms with E-state index in [0.717, 1.165) is 12.8 Å². The van der Waals surface area contributed by atoms with E-state index in [4.69, 9.17) is 0 Å². The summed E-state index contributed by atoms with van der Waals surface area (Å²) in [5.41, 5.74) is 0.310. The van der Waals surface area contributed by atoms with E-state index in [1.165, 1.54) is 0 Å². The Morgan fingerprint density at radius 3 is 2.40 bits per heavy atom. The highest BCUT2D eigenvalue weighted by atomic mass is 32.2. The van der Waals surface area contributed by atoms with Crippen molar-refractivity contribution in [3.8, 4) is 0 Å². The van der Waals surface area contributed by atoms with Crippen molar-refractivity contribution in [2.45, 2.75) is 70.7 Å². The Morgan fingerprint density at radius 2 is 1.95 bits per heavy atom. The van der Waals surface area contributed by atoms with Crippen molar-refractivity contribution >= 4 is 10.0 Å². The van der Waals surface area contributed by atoms with Gasteiger partial charge in [0.15, 0.2) is 0 Å². The topological polar surface area (TPSA) is 64.0 Å². The van der Waals surface area contributed by atoms with Crippen LogP contribution in [0.25, 0.3) is 0 Å². The molecule has 1 heterocycles. The van der Waals surface area contributed by atoms with E-state index in [-0.39, 0.29) is 11.5 Å². The second kappa shape index (κ2) is 6.26. The highest BCUT2D eigenvalue weighted by Gasteiger charge is 2.30. The molecule has 0 bridgehead atoms. The molecule has 6 heteroatoms. The van der Waals surface area contributed by atoms with Gasteiger partial charge in [-0.15, -0.1) is 0 Å². The summed E-state index contributed by atoms with van der Waals surface area (Å²) in [6.45, 7) is 12.4. The molecule has 0 amide bonds. The Balaban J connectivity index is 3.21. The van der Waals surface area contributed by atoms with Gasteiger partial charge in [-0.2, -0.15) is 5.10 Å². The van der Waals surface area contributed by atoms with Crippen molar-refractivity contribution < 1.29 is 8.42 Å². The smallest absolute Gasteiger partial charge is 0.243 e. The molecule has 0 spiro atoms. The van der Waals surface area contributed by atoms with Gasteiger partial charge < -0.3 is 0 Å². The van der Waals surface area contributed by atoms with Crippen molar-refractivity contribution in [2.75, 3.05) is 6.54 Å². The average Bonchev–Trinajstić information content (AvgIpc) is 2.74. The van der Waals surface area contributed by atoms with E-state index in [1.807, 2.05) is 41.5 Å². The van der Waals surface area contributed by atoms with Crippen LogP contribution in [-0.2, 0) is 15.4 Å². The zero-order valence-electron chi connectivity index (χ0n) is 13.4. The van der Waals surface area contributed by atoms with Gasteiger partial charge in [-0.1, -0.05) is 34.1 Å². The summed E-state index contributed by atoms with van der Waals surface area (Å²) in [7, 11) is -3.49. The van der Waals surface area contributed by atoms with E-state index in [1.54, 1.807) is 10.9 Å². The molecule has 20 heavy (non-hydrogen) atoms. The predicted molar refractivity (Wildman–Crippen MR) is 81.4 cm³/mol. The monoisotopic (exact) mass is 301 g/mol. The van der Waals surface area contributed by atoms with Crippen LogP contribution in [0.5, 0.6) is 0 Å². The Labute approximate surface area is 122 Å². The second-order valence-corrected chi connectivity index (χ2v) is 8.15. The zero-order chi connectivity index (χ0) is 15.6. The molecule has 1 rings (SSSR count). The minimum atomic E-state index is -3.49. The Kier molecular flexibility index (Phi) is 5.38. The van der Waals surface area contributed by atoms with E-state index in [2.05, 4.69) is 9.82 Å². The summed E-state index contributed by atoms with van der Waals surface area (Å²) in [5.74, 6) is 0. The molecule has 0 atom stereocenters. The normalized spacial score (nSPS) is 13.2. The Bertz CT molecular complexity index is 539. The van der Waals surface area contributed by atoms with Crippen molar-refractivity contribution in [3.63, 3.8) is 0 Å². The number of sulfonamides is 1. The van der Waals surface area contributed by atoms with Gasteiger partial charge in [-0.05, 0) is 20.3 Å². The summed E-state index contributed by atoms with van der Waals surface area (Å²) in [6.07, 6.45) is 3.43. The molecule has 0 saturated carbocycles. The quantitative estimate of drug-likeness (QED) is 0.822. The lowest BCUT2D eigenvalue weighted by molar-refractivity contribution is 0.493. The molecule has 0 aromatic carbocycles. The standard InChI is InChI=1S/C14H27N3O2S/c1-7-8-9-15-20(18,19)12-10-17(11(2)3)16-13(12)14(4,5)6/h10-11,15H,7-9H2,1-6H3. The molecular formula is C14H27N3O2S. The number of unbranched alkanes of at least 4 members (excludes halogenated alkanes) is 1. The van der Waals surface area contributed by atoms with Crippen LogP contribution in [0.1, 0.15) is 66.1 Å². The van der Waals surface area contributed by atoms with Crippen molar-refractivity contribution in [2.24, 2.45) is 0 Å². The summed E-state index contributed by atoms with van der Waals surface area (Å²) in [4.78, 5) is 0.301. The first-order valence-electron chi connectivity index (χ1n) is 7.19.